The van der Waals surface area contributed by atoms with Crippen molar-refractivity contribution in [2.75, 3.05) is 18.7 Å². The highest BCUT2D eigenvalue weighted by Crippen LogP contribution is 2.21. The number of carbonyl (C=O) groups is 1. The highest BCUT2D eigenvalue weighted by Gasteiger charge is 2.38. The number of carbonyl (C=O) groups excluding carboxylic acids is 1. The molecule has 0 aromatic heterocycles. The minimum atomic E-state index is -4.45. The molecule has 2 N–H and O–H groups in total. The van der Waals surface area contributed by atoms with Crippen LogP contribution < -0.4 is 5.32 Å². The number of nitrogens with one attached hydrogen (secondary N) is 1. The van der Waals surface area contributed by atoms with Gasteiger partial charge in [-0.3, -0.25) is 9.63 Å². The van der Waals surface area contributed by atoms with Crippen LogP contribution in [0.15, 0.2) is 18.2 Å². The highest BCUT2D eigenvalue weighted by molar-refractivity contribution is 7.90. The van der Waals surface area contributed by atoms with Gasteiger partial charge in [0.2, 0.25) is 0 Å². The van der Waals surface area contributed by atoms with Crippen LogP contribution in [0.1, 0.15) is 31.9 Å². The molecule has 1 unspecified atom stereocenters. The number of hydroxylamine groups is 1. The molecule has 1 aromatic rings. The summed E-state index contributed by atoms with van der Waals surface area (Å²) in [4.78, 5) is 17.3. The minimum absolute atomic E-state index is 0.306. The van der Waals surface area contributed by atoms with Crippen molar-refractivity contribution in [1.29, 1.82) is 0 Å². The first-order valence-electron chi connectivity index (χ1n) is 7.92. The van der Waals surface area contributed by atoms with Crippen LogP contribution in [0.4, 0.5) is 5.69 Å². The second-order valence-electron chi connectivity index (χ2n) is 5.74. The second kappa shape index (κ2) is 9.25. The number of ether oxygens (including phenoxy) is 1. The Bertz CT molecular complexity index is 670. The maximum Gasteiger partial charge on any atom is 0.272 e. The normalized spacial score (nSPS) is 13.3. The van der Waals surface area contributed by atoms with Gasteiger partial charge in [-0.15, -0.1) is 0 Å². The van der Waals surface area contributed by atoms with Crippen molar-refractivity contribution in [3.63, 3.8) is 0 Å². The lowest BCUT2D eigenvalue weighted by Gasteiger charge is -2.26. The average Bonchev–Trinajstić information content (AvgIpc) is 2.53. The Labute approximate surface area is 148 Å². The van der Waals surface area contributed by atoms with E-state index in [0.717, 1.165) is 11.1 Å². The fourth-order valence-corrected chi connectivity index (χ4v) is 3.42. The Kier molecular flexibility index (Phi) is 7.97. The molecule has 0 bridgehead atoms. The number of anilines is 1. The number of aliphatic hydroxyl groups is 1. The summed E-state index contributed by atoms with van der Waals surface area (Å²) in [6.07, 6.45) is 0. The van der Waals surface area contributed by atoms with Gasteiger partial charge in [0.25, 0.3) is 21.4 Å². The van der Waals surface area contributed by atoms with E-state index < -0.39 is 27.4 Å². The first-order valence-corrected chi connectivity index (χ1v) is 9.42. The summed E-state index contributed by atoms with van der Waals surface area (Å²) in [5.74, 6) is -1.05. The third-order valence-corrected chi connectivity index (χ3v) is 5.18. The SMILES string of the molecule is CCOCON(C(C)C)S(=O)(=O)C(O)C(=O)Nc1c(C)cccc1C. The summed E-state index contributed by atoms with van der Waals surface area (Å²) < 4.78 is 30.6. The van der Waals surface area contributed by atoms with Gasteiger partial charge in [-0.1, -0.05) is 22.7 Å². The van der Waals surface area contributed by atoms with Gasteiger partial charge in [0.15, 0.2) is 6.79 Å². The summed E-state index contributed by atoms with van der Waals surface area (Å²) in [6, 6.07) is 4.73. The van der Waals surface area contributed by atoms with Crippen molar-refractivity contribution in [3.05, 3.63) is 29.3 Å². The van der Waals surface area contributed by atoms with E-state index in [-0.39, 0.29) is 6.79 Å². The molecule has 0 aliphatic heterocycles. The maximum atomic E-state index is 12.5. The molecule has 1 atom stereocenters. The summed E-state index contributed by atoms with van der Waals surface area (Å²) in [5, 5.41) is 12.6. The summed E-state index contributed by atoms with van der Waals surface area (Å²) >= 11 is 0. The molecule has 0 aliphatic rings. The number of nitrogens with zero attached hydrogens (tertiary/aromatic N) is 1. The van der Waals surface area contributed by atoms with E-state index in [1.807, 2.05) is 6.07 Å². The third kappa shape index (κ3) is 5.48. The van der Waals surface area contributed by atoms with Crippen LogP contribution in [0.25, 0.3) is 0 Å². The zero-order valence-electron chi connectivity index (χ0n) is 15.1. The number of benzene rings is 1. The van der Waals surface area contributed by atoms with Gasteiger partial charge in [-0.25, -0.2) is 8.42 Å². The second-order valence-corrected chi connectivity index (χ2v) is 7.58. The Morgan fingerprint density at radius 2 is 1.84 bits per heavy atom. The van der Waals surface area contributed by atoms with Crippen LogP contribution in [0.2, 0.25) is 0 Å². The predicted molar refractivity (Wildman–Crippen MR) is 94.0 cm³/mol. The number of sulfonamides is 1. The lowest BCUT2D eigenvalue weighted by Crippen LogP contribution is -2.47. The number of para-hydroxylation sites is 1. The molecule has 0 saturated heterocycles. The number of aliphatic hydroxyl groups excluding tert-OH is 1. The van der Waals surface area contributed by atoms with Gasteiger partial charge in [0, 0.05) is 18.3 Å². The van der Waals surface area contributed by atoms with Gasteiger partial charge < -0.3 is 15.2 Å². The topological polar surface area (TPSA) is 105 Å². The standard InChI is InChI=1S/C16H26N2O6S/c1-6-23-10-24-18(11(2)3)25(21,22)16(20)15(19)17-14-12(4)8-7-9-13(14)5/h7-9,11,16,20H,6,10H2,1-5H3,(H,17,19). The zero-order chi connectivity index (χ0) is 19.2. The van der Waals surface area contributed by atoms with E-state index in [9.17, 15) is 18.3 Å². The summed E-state index contributed by atoms with van der Waals surface area (Å²) in [6.45, 7) is 8.41. The largest absolute Gasteiger partial charge is 0.368 e. The number of hydrogen-bond donors (Lipinski definition) is 2. The molecule has 0 fully saturated rings. The van der Waals surface area contributed by atoms with Gasteiger partial charge >= 0.3 is 0 Å². The summed E-state index contributed by atoms with van der Waals surface area (Å²) in [7, 11) is -4.45. The van der Waals surface area contributed by atoms with E-state index in [1.54, 1.807) is 46.8 Å². The van der Waals surface area contributed by atoms with Gasteiger partial charge in [0.05, 0.1) is 0 Å². The molecule has 1 aromatic carbocycles. The highest BCUT2D eigenvalue weighted by atomic mass is 32.2. The number of aryl methyl sites for hydroxylation is 2. The van der Waals surface area contributed by atoms with Crippen molar-refractivity contribution in [1.82, 2.24) is 4.47 Å². The molecule has 8 nitrogen and oxygen atoms in total. The maximum absolute atomic E-state index is 12.5. The molecule has 142 valence electrons. The van der Waals surface area contributed by atoms with Crippen molar-refractivity contribution in [2.24, 2.45) is 0 Å². The first-order chi connectivity index (χ1) is 11.6. The molecule has 0 heterocycles. The van der Waals surface area contributed by atoms with Crippen LogP contribution in [-0.2, 0) is 24.4 Å². The smallest absolute Gasteiger partial charge is 0.272 e. The number of rotatable bonds is 9. The number of hydrogen-bond acceptors (Lipinski definition) is 6. The quantitative estimate of drug-likeness (QED) is 0.386. The monoisotopic (exact) mass is 374 g/mol. The van der Waals surface area contributed by atoms with Crippen molar-refractivity contribution in [2.45, 2.75) is 46.1 Å². The molecular weight excluding hydrogens is 348 g/mol. The molecule has 0 radical (unpaired) electrons. The molecule has 0 saturated carbocycles. The van der Waals surface area contributed by atoms with Crippen molar-refractivity contribution >= 4 is 21.6 Å². The number of amides is 1. The fraction of sp³-hybridized carbons (Fsp3) is 0.562. The molecule has 1 amide bonds. The van der Waals surface area contributed by atoms with E-state index in [1.165, 1.54) is 0 Å². The lowest BCUT2D eigenvalue weighted by molar-refractivity contribution is -0.186. The van der Waals surface area contributed by atoms with Crippen molar-refractivity contribution in [3.8, 4) is 0 Å². The van der Waals surface area contributed by atoms with Crippen LogP contribution in [0.3, 0.4) is 0 Å². The van der Waals surface area contributed by atoms with Crippen LogP contribution in [-0.4, -0.2) is 48.8 Å². The van der Waals surface area contributed by atoms with Crippen molar-refractivity contribution < 1.29 is 27.9 Å². The Hall–Kier alpha value is -1.52. The van der Waals surface area contributed by atoms with Crippen LogP contribution in [0, 0.1) is 13.8 Å². The fourth-order valence-electron chi connectivity index (χ4n) is 2.12. The molecule has 25 heavy (non-hydrogen) atoms. The first kappa shape index (κ1) is 21.5. The zero-order valence-corrected chi connectivity index (χ0v) is 16.0. The minimum Gasteiger partial charge on any atom is -0.368 e. The third-order valence-electron chi connectivity index (χ3n) is 3.38. The Balaban J connectivity index is 2.97. The lowest BCUT2D eigenvalue weighted by atomic mass is 10.1. The van der Waals surface area contributed by atoms with Gasteiger partial charge in [0.1, 0.15) is 0 Å². The molecular formula is C16H26N2O6S. The van der Waals surface area contributed by atoms with Gasteiger partial charge in [-0.05, 0) is 45.7 Å². The van der Waals surface area contributed by atoms with Crippen LogP contribution in [0.5, 0.6) is 0 Å². The predicted octanol–water partition coefficient (Wildman–Crippen LogP) is 1.53. The van der Waals surface area contributed by atoms with E-state index in [4.69, 9.17) is 9.57 Å². The molecule has 0 spiro atoms. The Morgan fingerprint density at radius 1 is 1.28 bits per heavy atom. The van der Waals surface area contributed by atoms with E-state index in [2.05, 4.69) is 5.32 Å². The van der Waals surface area contributed by atoms with Crippen LogP contribution >= 0.6 is 0 Å². The molecule has 1 rings (SSSR count). The average molecular weight is 374 g/mol. The van der Waals surface area contributed by atoms with Gasteiger partial charge in [-0.2, -0.15) is 0 Å². The summed E-state index contributed by atoms with van der Waals surface area (Å²) in [5.41, 5.74) is -0.332. The Morgan fingerprint density at radius 3 is 2.32 bits per heavy atom. The molecule has 0 aliphatic carbocycles. The van der Waals surface area contributed by atoms with E-state index >= 15 is 0 Å². The van der Waals surface area contributed by atoms with E-state index in [0.29, 0.717) is 16.8 Å². The molecule has 9 heteroatoms.